The molecular weight excluding hydrogens is 150 g/mol. The molecule has 0 aromatic heterocycles. The van der Waals surface area contributed by atoms with Gasteiger partial charge in [-0.2, -0.15) is 0 Å². The Bertz CT molecular complexity index is 132. The molecule has 0 amide bonds. The quantitative estimate of drug-likeness (QED) is 0.357. The normalized spacial score (nSPS) is 39.8. The number of aliphatic hydroxyl groups is 4. The average molecular weight is 163 g/mol. The van der Waals surface area contributed by atoms with Crippen LogP contribution in [0.2, 0.25) is 0 Å². The monoisotopic (exact) mass is 163 g/mol. The molecule has 0 unspecified atom stereocenters. The maximum absolute atomic E-state index is 9.20. The van der Waals surface area contributed by atoms with E-state index in [1.807, 2.05) is 0 Å². The van der Waals surface area contributed by atoms with Crippen LogP contribution >= 0.6 is 0 Å². The molecule has 0 radical (unpaired) electrons. The van der Waals surface area contributed by atoms with Crippen LogP contribution in [0.5, 0.6) is 0 Å². The molecule has 1 heterocycles. The van der Waals surface area contributed by atoms with Gasteiger partial charge in [-0.15, -0.1) is 0 Å². The van der Waals surface area contributed by atoms with E-state index in [4.69, 9.17) is 15.3 Å². The molecule has 1 rings (SSSR count). The van der Waals surface area contributed by atoms with E-state index in [-0.39, 0.29) is 19.9 Å². The Hall–Kier alpha value is -0.200. The largest absolute Gasteiger partial charge is 0.395 e. The van der Waals surface area contributed by atoms with Gasteiger partial charge in [0.2, 0.25) is 0 Å². The average Bonchev–Trinajstić information content (AvgIpc) is 2.28. The van der Waals surface area contributed by atoms with Gasteiger partial charge in [-0.1, -0.05) is 0 Å². The minimum Gasteiger partial charge on any atom is -0.395 e. The van der Waals surface area contributed by atoms with Crippen LogP contribution in [0.15, 0.2) is 0 Å². The van der Waals surface area contributed by atoms with Crippen LogP contribution in [0, 0.1) is 0 Å². The minimum absolute atomic E-state index is 0.211. The molecule has 0 spiro atoms. The maximum atomic E-state index is 9.20. The lowest BCUT2D eigenvalue weighted by Gasteiger charge is -2.20. The van der Waals surface area contributed by atoms with E-state index < -0.39 is 18.2 Å². The van der Waals surface area contributed by atoms with Gasteiger partial charge in [-0.3, -0.25) is 4.90 Å². The Morgan fingerprint density at radius 1 is 1.27 bits per heavy atom. The lowest BCUT2D eigenvalue weighted by atomic mass is 10.1. The lowest BCUT2D eigenvalue weighted by Crippen LogP contribution is -2.39. The van der Waals surface area contributed by atoms with Gasteiger partial charge < -0.3 is 20.4 Å². The van der Waals surface area contributed by atoms with Crippen LogP contribution in [-0.2, 0) is 0 Å². The Labute approximate surface area is 64.5 Å². The number of hydrogen-bond donors (Lipinski definition) is 4. The molecule has 0 aromatic carbocycles. The zero-order valence-corrected chi connectivity index (χ0v) is 6.09. The SMILES string of the molecule is OC[C@H]1[C@H](O)[C@@H](O)CN1CO. The van der Waals surface area contributed by atoms with Gasteiger partial charge in [0.05, 0.1) is 31.6 Å². The molecule has 5 nitrogen and oxygen atoms in total. The molecule has 66 valence electrons. The van der Waals surface area contributed by atoms with Gasteiger partial charge in [0.15, 0.2) is 0 Å². The highest BCUT2D eigenvalue weighted by Crippen LogP contribution is 2.16. The fourth-order valence-corrected chi connectivity index (χ4v) is 1.34. The van der Waals surface area contributed by atoms with Crippen LogP contribution in [0.25, 0.3) is 0 Å². The molecule has 3 atom stereocenters. The van der Waals surface area contributed by atoms with Crippen molar-refractivity contribution in [2.24, 2.45) is 0 Å². The standard InChI is InChI=1S/C6H13NO4/c8-2-4-6(11)5(10)1-7(4)3-9/h4-6,8-11H,1-3H2/t4-,5-,6-/m0/s1. The third-order valence-electron chi connectivity index (χ3n) is 2.05. The highest BCUT2D eigenvalue weighted by Gasteiger charge is 2.38. The fourth-order valence-electron chi connectivity index (χ4n) is 1.34. The number of nitrogens with zero attached hydrogens (tertiary/aromatic N) is 1. The van der Waals surface area contributed by atoms with E-state index in [9.17, 15) is 5.11 Å². The van der Waals surface area contributed by atoms with Gasteiger partial charge in [-0.25, -0.2) is 0 Å². The summed E-state index contributed by atoms with van der Waals surface area (Å²) in [5.41, 5.74) is 0. The number of likely N-dealkylation sites (tertiary alicyclic amines) is 1. The molecule has 1 aliphatic rings. The number of rotatable bonds is 2. The Morgan fingerprint density at radius 2 is 1.91 bits per heavy atom. The van der Waals surface area contributed by atoms with Crippen molar-refractivity contribution in [1.82, 2.24) is 4.90 Å². The third kappa shape index (κ3) is 1.52. The summed E-state index contributed by atoms with van der Waals surface area (Å²) >= 11 is 0. The van der Waals surface area contributed by atoms with Crippen molar-refractivity contribution in [3.8, 4) is 0 Å². The second kappa shape index (κ2) is 3.46. The lowest BCUT2D eigenvalue weighted by molar-refractivity contribution is 0.00910. The van der Waals surface area contributed by atoms with Crippen LogP contribution in [0.1, 0.15) is 0 Å². The Balaban J connectivity index is 2.57. The summed E-state index contributed by atoms with van der Waals surface area (Å²) in [5.74, 6) is 0. The summed E-state index contributed by atoms with van der Waals surface area (Å²) in [6.45, 7) is -0.291. The number of hydrogen-bond acceptors (Lipinski definition) is 5. The summed E-state index contributed by atoms with van der Waals surface area (Å²) in [6, 6.07) is -0.532. The van der Waals surface area contributed by atoms with E-state index in [2.05, 4.69) is 0 Å². The molecule has 1 saturated heterocycles. The van der Waals surface area contributed by atoms with Crippen molar-refractivity contribution in [2.75, 3.05) is 19.9 Å². The smallest absolute Gasteiger partial charge is 0.0989 e. The number of aliphatic hydroxyl groups excluding tert-OH is 4. The topological polar surface area (TPSA) is 84.2 Å². The zero-order valence-electron chi connectivity index (χ0n) is 6.09. The molecule has 0 aromatic rings. The van der Waals surface area contributed by atoms with Crippen molar-refractivity contribution in [3.63, 3.8) is 0 Å². The third-order valence-corrected chi connectivity index (χ3v) is 2.05. The first-order chi connectivity index (χ1) is 5.20. The summed E-state index contributed by atoms with van der Waals surface area (Å²) in [5, 5.41) is 35.7. The zero-order chi connectivity index (χ0) is 8.43. The van der Waals surface area contributed by atoms with Crippen molar-refractivity contribution in [2.45, 2.75) is 18.2 Å². The Morgan fingerprint density at radius 3 is 2.27 bits per heavy atom. The molecule has 0 aliphatic carbocycles. The van der Waals surface area contributed by atoms with Crippen molar-refractivity contribution in [3.05, 3.63) is 0 Å². The molecule has 1 fully saturated rings. The minimum atomic E-state index is -0.952. The first kappa shape index (κ1) is 8.89. The Kier molecular flexibility index (Phi) is 2.80. The first-order valence-electron chi connectivity index (χ1n) is 3.52. The molecule has 4 N–H and O–H groups in total. The molecule has 0 saturated carbocycles. The van der Waals surface area contributed by atoms with Crippen LogP contribution < -0.4 is 0 Å². The highest BCUT2D eigenvalue weighted by atomic mass is 16.3. The molecule has 0 bridgehead atoms. The van der Waals surface area contributed by atoms with Crippen LogP contribution in [0.4, 0.5) is 0 Å². The summed E-state index contributed by atoms with van der Waals surface area (Å²) in [6.07, 6.45) is -1.81. The predicted octanol–water partition coefficient (Wildman–Crippen LogP) is -2.67. The molecule has 11 heavy (non-hydrogen) atoms. The number of β-amino-alcohol motifs (C(OH)–C–C–N with tert-alkyl or cyclic N) is 1. The second-order valence-electron chi connectivity index (χ2n) is 2.72. The first-order valence-corrected chi connectivity index (χ1v) is 3.52. The molecule has 1 aliphatic heterocycles. The second-order valence-corrected chi connectivity index (χ2v) is 2.72. The van der Waals surface area contributed by atoms with Crippen LogP contribution in [0.3, 0.4) is 0 Å². The van der Waals surface area contributed by atoms with Gasteiger partial charge in [-0.05, 0) is 0 Å². The van der Waals surface area contributed by atoms with Gasteiger partial charge >= 0.3 is 0 Å². The fraction of sp³-hybridized carbons (Fsp3) is 1.00. The van der Waals surface area contributed by atoms with Crippen molar-refractivity contribution in [1.29, 1.82) is 0 Å². The van der Waals surface area contributed by atoms with E-state index >= 15 is 0 Å². The van der Waals surface area contributed by atoms with Crippen LogP contribution in [-0.4, -0.2) is 63.5 Å². The predicted molar refractivity (Wildman–Crippen MR) is 36.7 cm³/mol. The van der Waals surface area contributed by atoms with Gasteiger partial charge in [0.25, 0.3) is 0 Å². The van der Waals surface area contributed by atoms with Crippen molar-refractivity contribution < 1.29 is 20.4 Å². The maximum Gasteiger partial charge on any atom is 0.0989 e. The molecular formula is C6H13NO4. The summed E-state index contributed by atoms with van der Waals surface area (Å²) in [7, 11) is 0. The molecule has 5 heteroatoms. The van der Waals surface area contributed by atoms with Crippen molar-refractivity contribution >= 4 is 0 Å². The summed E-state index contributed by atoms with van der Waals surface area (Å²) < 4.78 is 0. The van der Waals surface area contributed by atoms with Gasteiger partial charge in [0.1, 0.15) is 0 Å². The van der Waals surface area contributed by atoms with Gasteiger partial charge in [0, 0.05) is 6.54 Å². The van der Waals surface area contributed by atoms with E-state index in [1.165, 1.54) is 4.90 Å². The highest BCUT2D eigenvalue weighted by molar-refractivity contribution is 4.91. The summed E-state index contributed by atoms with van der Waals surface area (Å²) in [4.78, 5) is 1.43. The van der Waals surface area contributed by atoms with E-state index in [1.54, 1.807) is 0 Å². The van der Waals surface area contributed by atoms with E-state index in [0.29, 0.717) is 0 Å². The van der Waals surface area contributed by atoms with E-state index in [0.717, 1.165) is 0 Å².